The fourth-order valence-corrected chi connectivity index (χ4v) is 3.82. The maximum Gasteiger partial charge on any atom is 0.416 e. The lowest BCUT2D eigenvalue weighted by Crippen LogP contribution is -2.31. The zero-order valence-electron chi connectivity index (χ0n) is 19.0. The number of hydrogen-bond donors (Lipinski definition) is 0. The number of hydrogen-bond acceptors (Lipinski definition) is 4. The minimum Gasteiger partial charge on any atom is -0.478 e. The topological polar surface area (TPSA) is 59.1 Å². The fraction of sp³-hybridized carbons (Fsp3) is 0.417. The third-order valence-corrected chi connectivity index (χ3v) is 5.41. The molecule has 178 valence electrons. The molecule has 0 bridgehead atoms. The van der Waals surface area contributed by atoms with Crippen molar-refractivity contribution in [1.82, 2.24) is 4.90 Å². The SMILES string of the molecule is CCOC(=O)C(C)Oc1c(C)cc(CN2CCN(c3ccc(C(F)(F)F)cc3)C2=O)cc1C. The molecule has 1 fully saturated rings. The van der Waals surface area contributed by atoms with E-state index in [1.165, 1.54) is 17.0 Å². The molecule has 1 atom stereocenters. The van der Waals surface area contributed by atoms with Crippen molar-refractivity contribution in [2.24, 2.45) is 0 Å². The van der Waals surface area contributed by atoms with E-state index in [4.69, 9.17) is 9.47 Å². The van der Waals surface area contributed by atoms with Crippen molar-refractivity contribution in [3.8, 4) is 5.75 Å². The van der Waals surface area contributed by atoms with Crippen molar-refractivity contribution in [2.75, 3.05) is 24.6 Å². The number of halogens is 3. The van der Waals surface area contributed by atoms with Gasteiger partial charge in [-0.2, -0.15) is 13.2 Å². The largest absolute Gasteiger partial charge is 0.478 e. The van der Waals surface area contributed by atoms with Crippen LogP contribution in [0, 0.1) is 13.8 Å². The van der Waals surface area contributed by atoms with Crippen LogP contribution < -0.4 is 9.64 Å². The van der Waals surface area contributed by atoms with Crippen LogP contribution in [0.2, 0.25) is 0 Å². The smallest absolute Gasteiger partial charge is 0.416 e. The number of amides is 2. The second kappa shape index (κ2) is 9.72. The first-order chi connectivity index (χ1) is 15.5. The second-order valence-electron chi connectivity index (χ2n) is 7.97. The highest BCUT2D eigenvalue weighted by molar-refractivity contribution is 5.94. The molecule has 0 aliphatic carbocycles. The number of aryl methyl sites for hydroxylation is 2. The summed E-state index contributed by atoms with van der Waals surface area (Å²) in [6, 6.07) is 8.12. The molecule has 1 saturated heterocycles. The van der Waals surface area contributed by atoms with Crippen LogP contribution in [0.15, 0.2) is 36.4 Å². The lowest BCUT2D eigenvalue weighted by atomic mass is 10.1. The third-order valence-electron chi connectivity index (χ3n) is 5.41. The average Bonchev–Trinajstić information content (AvgIpc) is 3.10. The number of esters is 1. The summed E-state index contributed by atoms with van der Waals surface area (Å²) in [5.74, 6) is 0.157. The number of rotatable bonds is 7. The van der Waals surface area contributed by atoms with Gasteiger partial charge in [0.1, 0.15) is 5.75 Å². The molecule has 0 aromatic heterocycles. The average molecular weight is 464 g/mol. The minimum atomic E-state index is -4.42. The molecule has 1 aliphatic rings. The molecule has 0 spiro atoms. The molecule has 1 unspecified atom stereocenters. The minimum absolute atomic E-state index is 0.263. The number of nitrogens with zero attached hydrogens (tertiary/aromatic N) is 2. The summed E-state index contributed by atoms with van der Waals surface area (Å²) in [5.41, 5.74) is 2.23. The molecule has 2 amide bonds. The van der Waals surface area contributed by atoms with Gasteiger partial charge in [-0.3, -0.25) is 4.90 Å². The van der Waals surface area contributed by atoms with Crippen LogP contribution in [0.3, 0.4) is 0 Å². The quantitative estimate of drug-likeness (QED) is 0.536. The normalized spacial score (nSPS) is 15.1. The Hall–Kier alpha value is -3.23. The number of alkyl halides is 3. The van der Waals surface area contributed by atoms with Crippen LogP contribution >= 0.6 is 0 Å². The molecule has 0 radical (unpaired) electrons. The van der Waals surface area contributed by atoms with Gasteiger partial charge in [-0.15, -0.1) is 0 Å². The molecule has 33 heavy (non-hydrogen) atoms. The van der Waals surface area contributed by atoms with Gasteiger partial charge in [0.25, 0.3) is 0 Å². The van der Waals surface area contributed by atoms with Gasteiger partial charge in [-0.05, 0) is 68.7 Å². The molecule has 2 aromatic carbocycles. The standard InChI is InChI=1S/C24H27F3N2O4/c1-5-32-22(30)17(4)33-21-15(2)12-18(13-16(21)3)14-28-10-11-29(23(28)31)20-8-6-19(7-9-20)24(25,26)27/h6-9,12-13,17H,5,10-11,14H2,1-4H3. The van der Waals surface area contributed by atoms with Crippen molar-refractivity contribution in [2.45, 2.75) is 46.5 Å². The van der Waals surface area contributed by atoms with Crippen LogP contribution in [0.4, 0.5) is 23.7 Å². The highest BCUT2D eigenvalue weighted by atomic mass is 19.4. The van der Waals surface area contributed by atoms with Gasteiger partial charge in [0, 0.05) is 25.3 Å². The number of carbonyl (C=O) groups excluding carboxylic acids is 2. The Bertz CT molecular complexity index is 998. The van der Waals surface area contributed by atoms with Crippen LogP contribution in [-0.2, 0) is 22.3 Å². The molecule has 3 rings (SSSR count). The highest BCUT2D eigenvalue weighted by Crippen LogP contribution is 2.32. The van der Waals surface area contributed by atoms with E-state index in [0.29, 0.717) is 31.1 Å². The predicted octanol–water partition coefficient (Wildman–Crippen LogP) is 5.09. The predicted molar refractivity (Wildman–Crippen MR) is 117 cm³/mol. The van der Waals surface area contributed by atoms with Crippen LogP contribution in [0.25, 0.3) is 0 Å². The molecule has 1 aliphatic heterocycles. The molecule has 0 N–H and O–H groups in total. The Morgan fingerprint density at radius 2 is 1.70 bits per heavy atom. The number of carbonyl (C=O) groups is 2. The highest BCUT2D eigenvalue weighted by Gasteiger charge is 2.32. The van der Waals surface area contributed by atoms with Gasteiger partial charge in [-0.25, -0.2) is 9.59 Å². The van der Waals surface area contributed by atoms with Gasteiger partial charge in [-0.1, -0.05) is 12.1 Å². The van der Waals surface area contributed by atoms with Crippen LogP contribution in [0.5, 0.6) is 5.75 Å². The third kappa shape index (κ3) is 5.58. The zero-order chi connectivity index (χ0) is 24.3. The van der Waals surface area contributed by atoms with E-state index in [1.807, 2.05) is 26.0 Å². The van der Waals surface area contributed by atoms with Crippen molar-refractivity contribution < 1.29 is 32.2 Å². The Balaban J connectivity index is 1.69. The first kappa shape index (κ1) is 24.4. The summed E-state index contributed by atoms with van der Waals surface area (Å²) < 4.78 is 49.2. The number of ether oxygens (including phenoxy) is 2. The zero-order valence-corrected chi connectivity index (χ0v) is 19.0. The number of benzene rings is 2. The van der Waals surface area contributed by atoms with Gasteiger partial charge >= 0.3 is 18.2 Å². The van der Waals surface area contributed by atoms with Crippen LogP contribution in [0.1, 0.15) is 36.1 Å². The van der Waals surface area contributed by atoms with E-state index in [0.717, 1.165) is 28.8 Å². The monoisotopic (exact) mass is 464 g/mol. The van der Waals surface area contributed by atoms with E-state index < -0.39 is 23.8 Å². The van der Waals surface area contributed by atoms with Gasteiger partial charge in [0.05, 0.1) is 12.2 Å². The van der Waals surface area contributed by atoms with Crippen molar-refractivity contribution in [3.63, 3.8) is 0 Å². The molecular formula is C24H27F3N2O4. The van der Waals surface area contributed by atoms with E-state index in [1.54, 1.807) is 18.7 Å². The maximum atomic E-state index is 12.9. The van der Waals surface area contributed by atoms with Crippen LogP contribution in [-0.4, -0.2) is 42.7 Å². The summed E-state index contributed by atoms with van der Waals surface area (Å²) in [7, 11) is 0. The maximum absolute atomic E-state index is 12.9. The summed E-state index contributed by atoms with van der Waals surface area (Å²) in [5, 5.41) is 0. The summed E-state index contributed by atoms with van der Waals surface area (Å²) in [6.45, 7) is 8.56. The van der Waals surface area contributed by atoms with Gasteiger partial charge in [0.2, 0.25) is 0 Å². The van der Waals surface area contributed by atoms with Crippen molar-refractivity contribution in [1.29, 1.82) is 0 Å². The van der Waals surface area contributed by atoms with E-state index in [-0.39, 0.29) is 12.6 Å². The summed E-state index contributed by atoms with van der Waals surface area (Å²) in [6.07, 6.45) is -5.16. The van der Waals surface area contributed by atoms with Crippen molar-refractivity contribution in [3.05, 3.63) is 58.7 Å². The molecule has 1 heterocycles. The molecule has 9 heteroatoms. The van der Waals surface area contributed by atoms with Crippen molar-refractivity contribution >= 4 is 17.7 Å². The van der Waals surface area contributed by atoms with E-state index >= 15 is 0 Å². The Kier molecular flexibility index (Phi) is 7.19. The molecule has 2 aromatic rings. The lowest BCUT2D eigenvalue weighted by Gasteiger charge is -2.21. The Morgan fingerprint density at radius 1 is 1.09 bits per heavy atom. The van der Waals surface area contributed by atoms with E-state index in [9.17, 15) is 22.8 Å². The Labute approximate surface area is 190 Å². The number of anilines is 1. The second-order valence-corrected chi connectivity index (χ2v) is 7.97. The summed E-state index contributed by atoms with van der Waals surface area (Å²) >= 11 is 0. The summed E-state index contributed by atoms with van der Waals surface area (Å²) in [4.78, 5) is 27.8. The number of urea groups is 1. The first-order valence-corrected chi connectivity index (χ1v) is 10.7. The van der Waals surface area contributed by atoms with Gasteiger partial charge in [0.15, 0.2) is 6.10 Å². The molecule has 6 nitrogen and oxygen atoms in total. The van der Waals surface area contributed by atoms with Gasteiger partial charge < -0.3 is 14.4 Å². The fourth-order valence-electron chi connectivity index (χ4n) is 3.82. The molecule has 0 saturated carbocycles. The Morgan fingerprint density at radius 3 is 2.24 bits per heavy atom. The molecular weight excluding hydrogens is 437 g/mol. The lowest BCUT2D eigenvalue weighted by molar-refractivity contribution is -0.150. The first-order valence-electron chi connectivity index (χ1n) is 10.7. The van der Waals surface area contributed by atoms with E-state index in [2.05, 4.69) is 0 Å².